The zero-order chi connectivity index (χ0) is 20.7. The van der Waals surface area contributed by atoms with Gasteiger partial charge >= 0.3 is 0 Å². The highest BCUT2D eigenvalue weighted by atomic mass is 35.5. The van der Waals surface area contributed by atoms with Crippen molar-refractivity contribution in [1.82, 2.24) is 9.62 Å². The number of aliphatic imine (C=N–C) groups is 1. The first kappa shape index (κ1) is 21.4. The Balaban J connectivity index is 1.43. The third-order valence-corrected chi connectivity index (χ3v) is 6.32. The van der Waals surface area contributed by atoms with E-state index in [1.165, 1.54) is 0 Å². The van der Waals surface area contributed by atoms with E-state index in [4.69, 9.17) is 17.3 Å². The van der Waals surface area contributed by atoms with Gasteiger partial charge in [-0.3, -0.25) is 4.99 Å². The molecule has 7 nitrogen and oxygen atoms in total. The summed E-state index contributed by atoms with van der Waals surface area (Å²) in [7, 11) is -3.40. The topological polar surface area (TPSA) is 91.0 Å². The molecule has 1 aliphatic heterocycles. The number of nitrogens with one attached hydrogen (secondary N) is 1. The molecule has 0 aliphatic carbocycles. The van der Waals surface area contributed by atoms with Gasteiger partial charge in [0, 0.05) is 43.4 Å². The number of halogens is 1. The molecule has 1 aliphatic rings. The van der Waals surface area contributed by atoms with Gasteiger partial charge in [-0.2, -0.15) is 0 Å². The van der Waals surface area contributed by atoms with Gasteiger partial charge in [0.2, 0.25) is 10.0 Å². The van der Waals surface area contributed by atoms with Crippen LogP contribution in [0.3, 0.4) is 0 Å². The second-order valence-electron chi connectivity index (χ2n) is 6.82. The number of hydrogen-bond donors (Lipinski definition) is 2. The van der Waals surface area contributed by atoms with E-state index in [0.717, 1.165) is 42.5 Å². The highest BCUT2D eigenvalue weighted by Crippen LogP contribution is 2.19. The lowest BCUT2D eigenvalue weighted by Crippen LogP contribution is -2.51. The van der Waals surface area contributed by atoms with Crippen LogP contribution in [0.15, 0.2) is 59.6 Å². The summed E-state index contributed by atoms with van der Waals surface area (Å²) in [6, 6.07) is 17.2. The predicted octanol–water partition coefficient (Wildman–Crippen LogP) is 1.90. The van der Waals surface area contributed by atoms with Crippen molar-refractivity contribution in [3.63, 3.8) is 0 Å². The van der Waals surface area contributed by atoms with Gasteiger partial charge in [-0.15, -0.1) is 0 Å². The van der Waals surface area contributed by atoms with E-state index in [1.54, 1.807) is 0 Å². The highest BCUT2D eigenvalue weighted by Gasteiger charge is 2.19. The van der Waals surface area contributed by atoms with Gasteiger partial charge in [0.05, 0.1) is 12.3 Å². The summed E-state index contributed by atoms with van der Waals surface area (Å²) in [5, 5.41) is 0.719. The summed E-state index contributed by atoms with van der Waals surface area (Å²) in [5.41, 5.74) is 8.11. The average Bonchev–Trinajstić information content (AvgIpc) is 2.74. The Morgan fingerprint density at radius 1 is 1.03 bits per heavy atom. The molecular formula is C20H26ClN5O2S. The van der Waals surface area contributed by atoms with Crippen LogP contribution in [0.4, 0.5) is 5.69 Å². The Morgan fingerprint density at radius 3 is 2.34 bits per heavy atom. The minimum absolute atomic E-state index is 0.0920. The summed E-state index contributed by atoms with van der Waals surface area (Å²) in [4.78, 5) is 8.51. The molecule has 0 spiro atoms. The van der Waals surface area contributed by atoms with Gasteiger partial charge in [-0.05, 0) is 29.8 Å². The molecule has 0 aromatic heterocycles. The average molecular weight is 436 g/mol. The second-order valence-corrected chi connectivity index (χ2v) is 9.18. The van der Waals surface area contributed by atoms with Gasteiger partial charge in [-0.25, -0.2) is 13.1 Å². The molecule has 0 bridgehead atoms. The maximum atomic E-state index is 12.1. The molecule has 1 fully saturated rings. The summed E-state index contributed by atoms with van der Waals surface area (Å²) in [5.74, 6) is 0.296. The Morgan fingerprint density at radius 2 is 1.69 bits per heavy atom. The zero-order valence-corrected chi connectivity index (χ0v) is 17.7. The number of anilines is 1. The molecule has 3 N–H and O–H groups in total. The molecule has 156 valence electrons. The number of sulfonamides is 1. The van der Waals surface area contributed by atoms with E-state index in [2.05, 4.69) is 14.6 Å². The fourth-order valence-electron chi connectivity index (χ4n) is 3.09. The van der Waals surface area contributed by atoms with Crippen LogP contribution in [0.25, 0.3) is 0 Å². The molecule has 1 heterocycles. The maximum Gasteiger partial charge on any atom is 0.213 e. The number of piperazine rings is 1. The molecule has 0 unspecified atom stereocenters. The molecule has 0 atom stereocenters. The molecule has 2 aromatic carbocycles. The van der Waals surface area contributed by atoms with Crippen LogP contribution in [0.2, 0.25) is 5.02 Å². The molecular weight excluding hydrogens is 410 g/mol. The number of nitrogens with zero attached hydrogens (tertiary/aromatic N) is 3. The number of benzene rings is 2. The lowest BCUT2D eigenvalue weighted by molar-refractivity contribution is 0.381. The van der Waals surface area contributed by atoms with Crippen molar-refractivity contribution in [1.29, 1.82) is 0 Å². The lowest BCUT2D eigenvalue weighted by atomic mass is 10.2. The maximum absolute atomic E-state index is 12.1. The van der Waals surface area contributed by atoms with E-state index >= 15 is 0 Å². The molecule has 3 rings (SSSR count). The first-order chi connectivity index (χ1) is 13.9. The van der Waals surface area contributed by atoms with Crippen molar-refractivity contribution in [2.75, 3.05) is 43.4 Å². The highest BCUT2D eigenvalue weighted by molar-refractivity contribution is 7.89. The van der Waals surface area contributed by atoms with Crippen molar-refractivity contribution in [2.45, 2.75) is 6.54 Å². The largest absolute Gasteiger partial charge is 0.370 e. The fourth-order valence-corrected chi connectivity index (χ4v) is 4.08. The van der Waals surface area contributed by atoms with E-state index < -0.39 is 10.0 Å². The molecule has 0 radical (unpaired) electrons. The van der Waals surface area contributed by atoms with Crippen molar-refractivity contribution in [2.24, 2.45) is 10.7 Å². The first-order valence-corrected chi connectivity index (χ1v) is 11.5. The SMILES string of the molecule is NC(=NCCS(=O)(=O)NCc1ccccc1)N1CCN(c2ccc(Cl)cc2)CC1. The van der Waals surface area contributed by atoms with Gasteiger partial charge in [0.1, 0.15) is 0 Å². The van der Waals surface area contributed by atoms with Gasteiger partial charge in [0.25, 0.3) is 0 Å². The van der Waals surface area contributed by atoms with Crippen LogP contribution in [-0.4, -0.2) is 57.8 Å². The van der Waals surface area contributed by atoms with Crippen LogP contribution in [0, 0.1) is 0 Å². The van der Waals surface area contributed by atoms with Gasteiger partial charge in [0.15, 0.2) is 5.96 Å². The van der Waals surface area contributed by atoms with Crippen LogP contribution in [0.5, 0.6) is 0 Å². The van der Waals surface area contributed by atoms with Crippen LogP contribution >= 0.6 is 11.6 Å². The third-order valence-electron chi connectivity index (χ3n) is 4.77. The lowest BCUT2D eigenvalue weighted by Gasteiger charge is -2.36. The van der Waals surface area contributed by atoms with Crippen molar-refractivity contribution in [3.8, 4) is 0 Å². The summed E-state index contributed by atoms with van der Waals surface area (Å²) in [6.45, 7) is 3.50. The van der Waals surface area contributed by atoms with E-state index in [0.29, 0.717) is 5.96 Å². The Hall–Kier alpha value is -2.29. The van der Waals surface area contributed by atoms with Crippen molar-refractivity contribution < 1.29 is 8.42 Å². The van der Waals surface area contributed by atoms with E-state index in [-0.39, 0.29) is 18.8 Å². The van der Waals surface area contributed by atoms with Crippen LogP contribution < -0.4 is 15.4 Å². The number of rotatable bonds is 7. The quantitative estimate of drug-likeness (QED) is 0.512. The molecule has 0 amide bonds. The Labute approximate surface area is 177 Å². The van der Waals surface area contributed by atoms with E-state index in [9.17, 15) is 8.42 Å². The van der Waals surface area contributed by atoms with Crippen molar-refractivity contribution in [3.05, 3.63) is 65.2 Å². The molecule has 0 saturated carbocycles. The minimum Gasteiger partial charge on any atom is -0.370 e. The Bertz CT molecular complexity index is 912. The monoisotopic (exact) mass is 435 g/mol. The third kappa shape index (κ3) is 6.62. The predicted molar refractivity (Wildman–Crippen MR) is 119 cm³/mol. The molecule has 9 heteroatoms. The van der Waals surface area contributed by atoms with E-state index in [1.807, 2.05) is 59.5 Å². The van der Waals surface area contributed by atoms with Gasteiger partial charge < -0.3 is 15.5 Å². The minimum atomic E-state index is -3.40. The first-order valence-electron chi connectivity index (χ1n) is 9.49. The number of guanidine groups is 1. The van der Waals surface area contributed by atoms with Crippen LogP contribution in [0.1, 0.15) is 5.56 Å². The number of hydrogen-bond acceptors (Lipinski definition) is 4. The summed E-state index contributed by atoms with van der Waals surface area (Å²) < 4.78 is 26.9. The molecule has 29 heavy (non-hydrogen) atoms. The van der Waals surface area contributed by atoms with Crippen LogP contribution in [-0.2, 0) is 16.6 Å². The number of nitrogens with two attached hydrogens (primary N) is 1. The smallest absolute Gasteiger partial charge is 0.213 e. The zero-order valence-electron chi connectivity index (χ0n) is 16.2. The molecule has 1 saturated heterocycles. The summed E-state index contributed by atoms with van der Waals surface area (Å²) >= 11 is 5.94. The second kappa shape index (κ2) is 9.96. The van der Waals surface area contributed by atoms with Crippen molar-refractivity contribution >= 4 is 33.3 Å². The molecule has 2 aromatic rings. The normalized spacial score (nSPS) is 15.6. The fraction of sp³-hybridized carbons (Fsp3) is 0.350. The van der Waals surface area contributed by atoms with Gasteiger partial charge in [-0.1, -0.05) is 41.9 Å². The summed E-state index contributed by atoms with van der Waals surface area (Å²) in [6.07, 6.45) is 0. The Kier molecular flexibility index (Phi) is 7.35. The standard InChI is InChI=1S/C20H26ClN5O2S/c21-18-6-8-19(9-7-18)25-11-13-26(14-12-25)20(22)23-10-15-29(27,28)24-16-17-4-2-1-3-5-17/h1-9,24H,10-16H2,(H2,22,23).